The minimum atomic E-state index is -0.659. The zero-order valence-corrected chi connectivity index (χ0v) is 12.9. The maximum absolute atomic E-state index is 11.2. The third kappa shape index (κ3) is 3.83. The first kappa shape index (κ1) is 16.4. The van der Waals surface area contributed by atoms with Crippen LogP contribution in [-0.4, -0.2) is 30.2 Å². The summed E-state index contributed by atoms with van der Waals surface area (Å²) in [6, 6.07) is 3.03. The summed E-state index contributed by atoms with van der Waals surface area (Å²) in [6.45, 7) is 0. The van der Waals surface area contributed by atoms with Gasteiger partial charge in [0.15, 0.2) is 5.75 Å². The Morgan fingerprint density at radius 3 is 2.83 bits per heavy atom. The number of methoxy groups -OCH3 is 1. The van der Waals surface area contributed by atoms with E-state index in [1.54, 1.807) is 13.1 Å². The standard InChI is InChI=1S/C13H12ClN5O4/c1-15-11-10(14)8(6-17-12(11)19-21)23-7-3-4-16-9(5-7)18-13(20)22-2/h3-6,15H,1-2H3,(H,16,18,20). The summed E-state index contributed by atoms with van der Waals surface area (Å²) in [7, 11) is 2.81. The lowest BCUT2D eigenvalue weighted by Gasteiger charge is -2.11. The summed E-state index contributed by atoms with van der Waals surface area (Å²) in [5, 5.41) is 8.06. The van der Waals surface area contributed by atoms with Crippen LogP contribution >= 0.6 is 11.6 Å². The Morgan fingerprint density at radius 2 is 2.17 bits per heavy atom. The van der Waals surface area contributed by atoms with Gasteiger partial charge in [-0.25, -0.2) is 14.8 Å². The minimum Gasteiger partial charge on any atom is -0.454 e. The van der Waals surface area contributed by atoms with Gasteiger partial charge in [0.1, 0.15) is 22.3 Å². The quantitative estimate of drug-likeness (QED) is 0.801. The van der Waals surface area contributed by atoms with Crippen LogP contribution in [0.1, 0.15) is 0 Å². The van der Waals surface area contributed by atoms with Crippen LogP contribution in [0.3, 0.4) is 0 Å². The van der Waals surface area contributed by atoms with E-state index in [2.05, 4.69) is 30.5 Å². The van der Waals surface area contributed by atoms with Crippen LogP contribution in [0.25, 0.3) is 0 Å². The molecule has 2 aromatic heterocycles. The van der Waals surface area contributed by atoms with Crippen molar-refractivity contribution in [1.82, 2.24) is 9.97 Å². The SMILES string of the molecule is CNc1c(N=O)ncc(Oc2ccnc(NC(=O)OC)c2)c1Cl. The summed E-state index contributed by atoms with van der Waals surface area (Å²) < 4.78 is 10.1. The number of halogens is 1. The average molecular weight is 338 g/mol. The van der Waals surface area contributed by atoms with Gasteiger partial charge in [0.2, 0.25) is 5.82 Å². The Balaban J connectivity index is 2.27. The van der Waals surface area contributed by atoms with Crippen LogP contribution < -0.4 is 15.4 Å². The number of amides is 1. The third-order valence-corrected chi connectivity index (χ3v) is 3.05. The molecular weight excluding hydrogens is 326 g/mol. The number of nitroso groups, excluding NO2 is 1. The third-order valence-electron chi connectivity index (χ3n) is 2.67. The number of hydrogen-bond acceptors (Lipinski definition) is 8. The fourth-order valence-electron chi connectivity index (χ4n) is 1.65. The Morgan fingerprint density at radius 1 is 1.39 bits per heavy atom. The first-order valence-corrected chi connectivity index (χ1v) is 6.65. The largest absolute Gasteiger partial charge is 0.454 e. The van der Waals surface area contributed by atoms with E-state index >= 15 is 0 Å². The molecule has 0 aliphatic heterocycles. The molecule has 120 valence electrons. The average Bonchev–Trinajstić information content (AvgIpc) is 2.56. The maximum atomic E-state index is 11.2. The summed E-state index contributed by atoms with van der Waals surface area (Å²) in [5.41, 5.74) is 0.251. The number of aromatic nitrogens is 2. The van der Waals surface area contributed by atoms with E-state index in [9.17, 15) is 9.70 Å². The second kappa shape index (κ2) is 7.36. The molecule has 0 spiro atoms. The highest BCUT2D eigenvalue weighted by Crippen LogP contribution is 2.39. The first-order valence-electron chi connectivity index (χ1n) is 6.27. The molecule has 0 bridgehead atoms. The van der Waals surface area contributed by atoms with Crippen LogP contribution in [0.4, 0.5) is 22.1 Å². The van der Waals surface area contributed by atoms with E-state index in [1.807, 2.05) is 0 Å². The molecule has 10 heteroatoms. The number of nitrogens with one attached hydrogen (secondary N) is 2. The number of nitrogens with zero attached hydrogens (tertiary/aromatic N) is 3. The Labute approximate surface area is 136 Å². The molecule has 0 aliphatic rings. The van der Waals surface area contributed by atoms with Gasteiger partial charge in [0.25, 0.3) is 0 Å². The normalized spacial score (nSPS) is 9.87. The van der Waals surface area contributed by atoms with Crippen molar-refractivity contribution in [3.63, 3.8) is 0 Å². The zero-order chi connectivity index (χ0) is 16.8. The molecule has 1 amide bonds. The van der Waals surface area contributed by atoms with Crippen molar-refractivity contribution in [3.8, 4) is 11.5 Å². The molecular formula is C13H12ClN5O4. The molecule has 23 heavy (non-hydrogen) atoms. The number of ether oxygens (including phenoxy) is 2. The number of pyridine rings is 2. The van der Waals surface area contributed by atoms with Crippen molar-refractivity contribution in [2.24, 2.45) is 5.18 Å². The van der Waals surface area contributed by atoms with E-state index in [0.29, 0.717) is 5.75 Å². The van der Waals surface area contributed by atoms with Crippen molar-refractivity contribution in [2.75, 3.05) is 24.8 Å². The van der Waals surface area contributed by atoms with Crippen LogP contribution in [0.15, 0.2) is 29.7 Å². The molecule has 0 fully saturated rings. The minimum absolute atomic E-state index is 0.0763. The van der Waals surface area contributed by atoms with Crippen molar-refractivity contribution in [1.29, 1.82) is 0 Å². The second-order valence-corrected chi connectivity index (χ2v) is 4.45. The van der Waals surface area contributed by atoms with Crippen LogP contribution in [-0.2, 0) is 4.74 Å². The fraction of sp³-hybridized carbons (Fsp3) is 0.154. The summed E-state index contributed by atoms with van der Waals surface area (Å²) in [6.07, 6.45) is 2.05. The van der Waals surface area contributed by atoms with Crippen molar-refractivity contribution in [3.05, 3.63) is 34.5 Å². The van der Waals surface area contributed by atoms with Gasteiger partial charge < -0.3 is 14.8 Å². The van der Waals surface area contributed by atoms with Gasteiger partial charge in [-0.05, 0) is 11.2 Å². The number of carbonyl (C=O) groups excluding carboxylic acids is 1. The van der Waals surface area contributed by atoms with Gasteiger partial charge in [-0.15, -0.1) is 4.91 Å². The zero-order valence-electron chi connectivity index (χ0n) is 12.2. The molecule has 0 aromatic carbocycles. The van der Waals surface area contributed by atoms with Crippen molar-refractivity contribution in [2.45, 2.75) is 0 Å². The topological polar surface area (TPSA) is 115 Å². The Kier molecular flexibility index (Phi) is 5.26. The van der Waals surface area contributed by atoms with Crippen LogP contribution in [0.5, 0.6) is 11.5 Å². The van der Waals surface area contributed by atoms with E-state index in [-0.39, 0.29) is 28.1 Å². The molecule has 2 N–H and O–H groups in total. The predicted molar refractivity (Wildman–Crippen MR) is 84.6 cm³/mol. The van der Waals surface area contributed by atoms with Crippen LogP contribution in [0.2, 0.25) is 5.02 Å². The predicted octanol–water partition coefficient (Wildman–Crippen LogP) is 3.54. The van der Waals surface area contributed by atoms with E-state index in [4.69, 9.17) is 16.3 Å². The molecule has 2 heterocycles. The molecule has 9 nitrogen and oxygen atoms in total. The highest BCUT2D eigenvalue weighted by Gasteiger charge is 2.15. The number of anilines is 2. The summed E-state index contributed by atoms with van der Waals surface area (Å²) >= 11 is 6.16. The second-order valence-electron chi connectivity index (χ2n) is 4.07. The highest BCUT2D eigenvalue weighted by molar-refractivity contribution is 6.35. The van der Waals surface area contributed by atoms with E-state index < -0.39 is 6.09 Å². The van der Waals surface area contributed by atoms with Gasteiger partial charge in [-0.2, -0.15) is 0 Å². The lowest BCUT2D eigenvalue weighted by molar-refractivity contribution is 0.187. The summed E-state index contributed by atoms with van der Waals surface area (Å²) in [4.78, 5) is 29.6. The Hall–Kier alpha value is -2.94. The maximum Gasteiger partial charge on any atom is 0.412 e. The number of carbonyl (C=O) groups is 1. The lowest BCUT2D eigenvalue weighted by atomic mass is 10.3. The van der Waals surface area contributed by atoms with Gasteiger partial charge in [-0.3, -0.25) is 5.32 Å². The molecule has 0 radical (unpaired) electrons. The van der Waals surface area contributed by atoms with Gasteiger partial charge in [-0.1, -0.05) is 11.6 Å². The number of rotatable bonds is 5. The number of hydrogen-bond donors (Lipinski definition) is 2. The highest BCUT2D eigenvalue weighted by atomic mass is 35.5. The molecule has 2 aromatic rings. The molecule has 0 aliphatic carbocycles. The fourth-order valence-corrected chi connectivity index (χ4v) is 1.92. The van der Waals surface area contributed by atoms with Crippen molar-refractivity contribution >= 4 is 35.0 Å². The van der Waals surface area contributed by atoms with Crippen molar-refractivity contribution < 1.29 is 14.3 Å². The molecule has 0 atom stereocenters. The lowest BCUT2D eigenvalue weighted by Crippen LogP contribution is -2.11. The Bertz CT molecular complexity index is 740. The van der Waals surface area contributed by atoms with Gasteiger partial charge in [0.05, 0.1) is 13.3 Å². The van der Waals surface area contributed by atoms with E-state index in [0.717, 1.165) is 0 Å². The van der Waals surface area contributed by atoms with E-state index in [1.165, 1.54) is 25.6 Å². The molecule has 0 saturated heterocycles. The van der Waals surface area contributed by atoms with Gasteiger partial charge in [0, 0.05) is 19.3 Å². The van der Waals surface area contributed by atoms with Gasteiger partial charge >= 0.3 is 6.09 Å². The van der Waals surface area contributed by atoms with Crippen LogP contribution in [0, 0.1) is 4.91 Å². The molecule has 0 unspecified atom stereocenters. The monoisotopic (exact) mass is 337 g/mol. The summed E-state index contributed by atoms with van der Waals surface area (Å²) in [5.74, 6) is 0.716. The smallest absolute Gasteiger partial charge is 0.412 e. The first-order chi connectivity index (χ1) is 11.1. The molecule has 0 saturated carbocycles. The molecule has 2 rings (SSSR count).